The third-order valence-corrected chi connectivity index (χ3v) is 7.48. The topological polar surface area (TPSA) is 84.9 Å². The van der Waals surface area contributed by atoms with E-state index in [0.717, 1.165) is 37.4 Å². The zero-order valence-electron chi connectivity index (χ0n) is 22.1. The minimum absolute atomic E-state index is 0.0487. The van der Waals surface area contributed by atoms with Gasteiger partial charge in [-0.3, -0.25) is 4.79 Å². The summed E-state index contributed by atoms with van der Waals surface area (Å²) in [5.41, 5.74) is 1.25. The number of halogens is 2. The van der Waals surface area contributed by atoms with Gasteiger partial charge in [-0.25, -0.2) is 13.6 Å². The second kappa shape index (κ2) is 12.7. The molecule has 5 atom stereocenters. The van der Waals surface area contributed by atoms with E-state index < -0.39 is 29.8 Å². The lowest BCUT2D eigenvalue weighted by molar-refractivity contribution is -0.126. The number of carbonyl (C=O) groups excluding carboxylic acids is 2. The first-order valence-corrected chi connectivity index (χ1v) is 13.5. The van der Waals surface area contributed by atoms with Gasteiger partial charge in [-0.2, -0.15) is 0 Å². The van der Waals surface area contributed by atoms with Gasteiger partial charge in [0.1, 0.15) is 17.7 Å². The second-order valence-electron chi connectivity index (χ2n) is 10.7. The number of urea groups is 1. The molecule has 2 fully saturated rings. The minimum atomic E-state index is -0.980. The monoisotopic (exact) mass is 528 g/mol. The number of nitrogens with one attached hydrogen (secondary N) is 2. The van der Waals surface area contributed by atoms with Crippen molar-refractivity contribution in [1.29, 1.82) is 0 Å². The molecule has 0 aliphatic carbocycles. The number of hydrogen-bond donors (Lipinski definition) is 3. The molecule has 0 bridgehead atoms. The summed E-state index contributed by atoms with van der Waals surface area (Å²) in [5, 5.41) is 17.5. The Kier molecular flexibility index (Phi) is 9.33. The van der Waals surface area contributed by atoms with Gasteiger partial charge in [-0.15, -0.1) is 0 Å². The number of amides is 3. The third-order valence-electron chi connectivity index (χ3n) is 7.48. The number of benzene rings is 2. The first-order valence-electron chi connectivity index (χ1n) is 13.5. The SMILES string of the molecule is CCCCN1CC(C(=O)N[C@@H](Cc2cc(F)cc(F)c2)[C@H](O)[C@H]2CC(C)CN2)N(Cc2ccccc2)C1=O. The van der Waals surface area contributed by atoms with E-state index in [1.165, 1.54) is 12.1 Å². The van der Waals surface area contributed by atoms with Crippen molar-refractivity contribution in [3.63, 3.8) is 0 Å². The molecule has 7 nitrogen and oxygen atoms in total. The lowest BCUT2D eigenvalue weighted by Crippen LogP contribution is -2.56. The van der Waals surface area contributed by atoms with E-state index in [2.05, 4.69) is 17.6 Å². The van der Waals surface area contributed by atoms with Crippen molar-refractivity contribution in [3.8, 4) is 0 Å². The average molecular weight is 529 g/mol. The molecule has 0 aromatic heterocycles. The highest BCUT2D eigenvalue weighted by atomic mass is 19.1. The molecule has 0 spiro atoms. The van der Waals surface area contributed by atoms with Crippen molar-refractivity contribution < 1.29 is 23.5 Å². The van der Waals surface area contributed by atoms with Crippen molar-refractivity contribution in [2.75, 3.05) is 19.6 Å². The van der Waals surface area contributed by atoms with Crippen LogP contribution in [0.2, 0.25) is 0 Å². The maximum atomic E-state index is 13.9. The highest BCUT2D eigenvalue weighted by Crippen LogP contribution is 2.23. The third kappa shape index (κ3) is 6.88. The molecule has 9 heteroatoms. The Balaban J connectivity index is 1.56. The number of hydrogen-bond acceptors (Lipinski definition) is 4. The van der Waals surface area contributed by atoms with Gasteiger partial charge in [0.2, 0.25) is 5.91 Å². The number of nitrogens with zero attached hydrogens (tertiary/aromatic N) is 2. The van der Waals surface area contributed by atoms with Crippen LogP contribution in [0.3, 0.4) is 0 Å². The van der Waals surface area contributed by atoms with E-state index in [4.69, 9.17) is 0 Å². The Hall–Kier alpha value is -3.04. The molecule has 4 rings (SSSR count). The molecule has 2 aliphatic heterocycles. The summed E-state index contributed by atoms with van der Waals surface area (Å²) in [6.07, 6.45) is 1.54. The van der Waals surface area contributed by atoms with Crippen LogP contribution in [0.5, 0.6) is 0 Å². The fourth-order valence-corrected chi connectivity index (χ4v) is 5.43. The molecule has 2 aromatic carbocycles. The number of rotatable bonds is 11. The van der Waals surface area contributed by atoms with Crippen LogP contribution in [0, 0.1) is 17.6 Å². The average Bonchev–Trinajstić information content (AvgIpc) is 3.45. The van der Waals surface area contributed by atoms with Gasteiger partial charge in [0.05, 0.1) is 18.7 Å². The van der Waals surface area contributed by atoms with Crippen LogP contribution in [0.1, 0.15) is 44.2 Å². The second-order valence-corrected chi connectivity index (χ2v) is 10.7. The lowest BCUT2D eigenvalue weighted by Gasteiger charge is -2.31. The van der Waals surface area contributed by atoms with Gasteiger partial charge in [0, 0.05) is 25.2 Å². The molecule has 0 saturated carbocycles. The summed E-state index contributed by atoms with van der Waals surface area (Å²) in [5.74, 6) is -1.46. The minimum Gasteiger partial charge on any atom is -0.389 e. The predicted octanol–water partition coefficient (Wildman–Crippen LogP) is 3.46. The Morgan fingerprint density at radius 3 is 2.50 bits per heavy atom. The van der Waals surface area contributed by atoms with Crippen LogP contribution in [0.15, 0.2) is 48.5 Å². The summed E-state index contributed by atoms with van der Waals surface area (Å²) in [6.45, 7) is 5.95. The smallest absolute Gasteiger partial charge is 0.321 e. The molecule has 2 aromatic rings. The zero-order chi connectivity index (χ0) is 27.2. The van der Waals surface area contributed by atoms with E-state index >= 15 is 0 Å². The molecule has 2 aliphatic rings. The number of aliphatic hydroxyl groups excluding tert-OH is 1. The van der Waals surface area contributed by atoms with Gasteiger partial charge in [0.25, 0.3) is 0 Å². The van der Waals surface area contributed by atoms with E-state index in [1.54, 1.807) is 9.80 Å². The largest absolute Gasteiger partial charge is 0.389 e. The highest BCUT2D eigenvalue weighted by Gasteiger charge is 2.42. The molecule has 2 saturated heterocycles. The first-order chi connectivity index (χ1) is 18.2. The van der Waals surface area contributed by atoms with Gasteiger partial charge >= 0.3 is 6.03 Å². The molecule has 38 heavy (non-hydrogen) atoms. The van der Waals surface area contributed by atoms with E-state index in [9.17, 15) is 23.5 Å². The Morgan fingerprint density at radius 1 is 1.16 bits per heavy atom. The zero-order valence-corrected chi connectivity index (χ0v) is 22.1. The summed E-state index contributed by atoms with van der Waals surface area (Å²) < 4.78 is 27.9. The summed E-state index contributed by atoms with van der Waals surface area (Å²) in [6, 6.07) is 10.7. The van der Waals surface area contributed by atoms with Gasteiger partial charge < -0.3 is 25.5 Å². The summed E-state index contributed by atoms with van der Waals surface area (Å²) in [4.78, 5) is 30.3. The maximum absolute atomic E-state index is 13.9. The van der Waals surface area contributed by atoms with Crippen LogP contribution in [0.25, 0.3) is 0 Å². The van der Waals surface area contributed by atoms with Crippen LogP contribution < -0.4 is 10.6 Å². The van der Waals surface area contributed by atoms with Crippen molar-refractivity contribution in [1.82, 2.24) is 20.4 Å². The fourth-order valence-electron chi connectivity index (χ4n) is 5.43. The van der Waals surface area contributed by atoms with Crippen LogP contribution in [-0.2, 0) is 17.8 Å². The summed E-state index contributed by atoms with van der Waals surface area (Å²) >= 11 is 0. The van der Waals surface area contributed by atoms with E-state index in [0.29, 0.717) is 18.0 Å². The number of aliphatic hydroxyl groups is 1. The maximum Gasteiger partial charge on any atom is 0.321 e. The number of unbranched alkanes of at least 4 members (excludes halogenated alkanes) is 1. The molecule has 3 amide bonds. The molecular formula is C29H38F2N4O3. The van der Waals surface area contributed by atoms with E-state index in [-0.39, 0.29) is 37.5 Å². The molecular weight excluding hydrogens is 490 g/mol. The Morgan fingerprint density at radius 2 is 1.87 bits per heavy atom. The predicted molar refractivity (Wildman–Crippen MR) is 141 cm³/mol. The fraction of sp³-hybridized carbons (Fsp3) is 0.517. The Labute approximate surface area is 223 Å². The van der Waals surface area contributed by atoms with Crippen molar-refractivity contribution in [2.45, 2.75) is 70.3 Å². The van der Waals surface area contributed by atoms with Crippen molar-refractivity contribution in [3.05, 3.63) is 71.3 Å². The number of carbonyl (C=O) groups is 2. The van der Waals surface area contributed by atoms with E-state index in [1.807, 2.05) is 37.3 Å². The van der Waals surface area contributed by atoms with Gasteiger partial charge in [-0.05, 0) is 55.0 Å². The van der Waals surface area contributed by atoms with Crippen LogP contribution in [-0.4, -0.2) is 70.7 Å². The van der Waals surface area contributed by atoms with Crippen molar-refractivity contribution >= 4 is 11.9 Å². The van der Waals surface area contributed by atoms with Crippen molar-refractivity contribution in [2.24, 2.45) is 5.92 Å². The molecule has 206 valence electrons. The van der Waals surface area contributed by atoms with Gasteiger partial charge in [-0.1, -0.05) is 50.6 Å². The Bertz CT molecular complexity index is 1080. The standard InChI is InChI=1S/C29H38F2N4O3/c1-3-4-10-34-18-26(35(29(34)38)17-20-8-6-5-7-9-20)28(37)33-25(27(36)24-11-19(2)16-32-24)14-21-12-22(30)15-23(31)13-21/h5-9,12-13,15,19,24-27,32,36H,3-4,10-11,14,16-18H2,1-2H3,(H,33,37)/t19?,24-,25+,26?,27-/m1/s1. The quantitative estimate of drug-likeness (QED) is 0.417. The lowest BCUT2D eigenvalue weighted by atomic mass is 9.93. The molecule has 3 N–H and O–H groups in total. The highest BCUT2D eigenvalue weighted by molar-refractivity contribution is 5.90. The normalized spacial score (nSPS) is 23.1. The van der Waals surface area contributed by atoms with Gasteiger partial charge in [0.15, 0.2) is 0 Å². The first kappa shape index (κ1) is 28.0. The van der Waals surface area contributed by atoms with Crippen LogP contribution >= 0.6 is 0 Å². The van der Waals surface area contributed by atoms with Crippen LogP contribution in [0.4, 0.5) is 13.6 Å². The molecule has 2 heterocycles. The molecule has 2 unspecified atom stereocenters. The summed E-state index contributed by atoms with van der Waals surface area (Å²) in [7, 11) is 0. The molecule has 0 radical (unpaired) electrons.